The fourth-order valence-electron chi connectivity index (χ4n) is 1.62. The van der Waals surface area contributed by atoms with Gasteiger partial charge in [-0.3, -0.25) is 10.1 Å². The lowest BCUT2D eigenvalue weighted by Crippen LogP contribution is -2.52. The van der Waals surface area contributed by atoms with Gasteiger partial charge in [-0.1, -0.05) is 13.8 Å². The maximum Gasteiger partial charge on any atom is 0.237 e. The number of carbonyl (C=O) groups excluding carboxylic acids is 2. The predicted octanol–water partition coefficient (Wildman–Crippen LogP) is 1.05. The number of amides is 1. The Hall–Kier alpha value is -0.980. The number of hydrogen-bond acceptors (Lipinski definition) is 5. The van der Waals surface area contributed by atoms with Crippen LogP contribution in [0.15, 0.2) is 0 Å². The molecule has 0 heterocycles. The highest BCUT2D eigenvalue weighted by Gasteiger charge is 2.26. The number of hydrogen-bond donors (Lipinski definition) is 2. The molecule has 0 radical (unpaired) electrons. The first kappa shape index (κ1) is 19.0. The van der Waals surface area contributed by atoms with Gasteiger partial charge in [0.15, 0.2) is 0 Å². The van der Waals surface area contributed by atoms with E-state index in [0.717, 1.165) is 0 Å². The Kier molecular flexibility index (Phi) is 8.60. The van der Waals surface area contributed by atoms with Crippen molar-refractivity contribution in [2.24, 2.45) is 5.92 Å². The molecule has 6 nitrogen and oxygen atoms in total. The van der Waals surface area contributed by atoms with Crippen molar-refractivity contribution >= 4 is 12.2 Å². The molecular formula is C14H28N2O4. The Bertz CT molecular complexity index is 300. The summed E-state index contributed by atoms with van der Waals surface area (Å²) in [6.07, 6.45) is 0.600. The van der Waals surface area contributed by atoms with Crippen LogP contribution in [-0.2, 0) is 19.1 Å². The van der Waals surface area contributed by atoms with Crippen LogP contribution in [0.3, 0.4) is 0 Å². The van der Waals surface area contributed by atoms with Crippen molar-refractivity contribution < 1.29 is 19.1 Å². The Morgan fingerprint density at radius 2 is 1.90 bits per heavy atom. The second-order valence-corrected chi connectivity index (χ2v) is 6.06. The minimum atomic E-state index is -0.680. The van der Waals surface area contributed by atoms with Crippen LogP contribution in [0, 0.1) is 5.92 Å². The molecule has 0 aliphatic carbocycles. The topological polar surface area (TPSA) is 76.7 Å². The van der Waals surface area contributed by atoms with E-state index >= 15 is 0 Å². The van der Waals surface area contributed by atoms with Gasteiger partial charge in [0, 0.05) is 7.11 Å². The van der Waals surface area contributed by atoms with Crippen molar-refractivity contribution in [2.75, 3.05) is 13.7 Å². The molecule has 0 saturated heterocycles. The summed E-state index contributed by atoms with van der Waals surface area (Å²) in [5.41, 5.74) is -0.394. The van der Waals surface area contributed by atoms with E-state index in [4.69, 9.17) is 9.47 Å². The molecule has 2 N–H and O–H groups in total. The smallest absolute Gasteiger partial charge is 0.237 e. The van der Waals surface area contributed by atoms with Gasteiger partial charge in [-0.25, -0.2) is 0 Å². The minimum Gasteiger partial charge on any atom is -0.348 e. The van der Waals surface area contributed by atoms with E-state index < -0.39 is 18.1 Å². The fourth-order valence-corrected chi connectivity index (χ4v) is 1.62. The van der Waals surface area contributed by atoms with E-state index in [0.29, 0.717) is 18.6 Å². The molecular weight excluding hydrogens is 260 g/mol. The monoisotopic (exact) mass is 288 g/mol. The number of ether oxygens (including phenoxy) is 2. The summed E-state index contributed by atoms with van der Waals surface area (Å²) in [6.45, 7) is 9.77. The molecule has 0 aromatic heterocycles. The van der Waals surface area contributed by atoms with Gasteiger partial charge < -0.3 is 19.6 Å². The molecule has 0 aliphatic heterocycles. The lowest BCUT2D eigenvalue weighted by Gasteiger charge is -2.30. The number of nitrogens with one attached hydrogen (secondary N) is 2. The standard InChI is InChI=1S/C14H28N2O4/c1-10(2)9-11(12(18)15-7-8-17)16-13(19-6)20-14(3,4)5/h8,10-11,13,16H,7,9H2,1-6H3,(H,15,18). The van der Waals surface area contributed by atoms with Crippen molar-refractivity contribution in [3.05, 3.63) is 0 Å². The first-order valence-corrected chi connectivity index (χ1v) is 6.87. The summed E-state index contributed by atoms with van der Waals surface area (Å²) in [5, 5.41) is 5.58. The molecule has 0 rings (SSSR count). The van der Waals surface area contributed by atoms with E-state index in [1.54, 1.807) is 0 Å². The first-order valence-electron chi connectivity index (χ1n) is 6.87. The molecule has 0 aliphatic rings. The van der Waals surface area contributed by atoms with Gasteiger partial charge in [-0.2, -0.15) is 0 Å². The average Bonchev–Trinajstić information content (AvgIpc) is 2.31. The van der Waals surface area contributed by atoms with Crippen molar-refractivity contribution in [2.45, 2.75) is 59.1 Å². The predicted molar refractivity (Wildman–Crippen MR) is 77.1 cm³/mol. The molecule has 20 heavy (non-hydrogen) atoms. The van der Waals surface area contributed by atoms with Crippen molar-refractivity contribution in [1.29, 1.82) is 0 Å². The van der Waals surface area contributed by atoms with Gasteiger partial charge in [0.1, 0.15) is 6.29 Å². The molecule has 118 valence electrons. The Morgan fingerprint density at radius 1 is 1.30 bits per heavy atom. The molecule has 0 fully saturated rings. The van der Waals surface area contributed by atoms with Crippen molar-refractivity contribution in [3.63, 3.8) is 0 Å². The van der Waals surface area contributed by atoms with E-state index in [9.17, 15) is 9.59 Å². The summed E-state index contributed by atoms with van der Waals surface area (Å²) >= 11 is 0. The zero-order valence-corrected chi connectivity index (χ0v) is 13.4. The fraction of sp³-hybridized carbons (Fsp3) is 0.857. The highest BCUT2D eigenvalue weighted by molar-refractivity contribution is 5.83. The third-order valence-electron chi connectivity index (χ3n) is 2.40. The quantitative estimate of drug-likeness (QED) is 0.490. The summed E-state index contributed by atoms with van der Waals surface area (Å²) in [7, 11) is 1.51. The van der Waals surface area contributed by atoms with Gasteiger partial charge >= 0.3 is 0 Å². The number of carbonyl (C=O) groups is 2. The molecule has 2 unspecified atom stereocenters. The third-order valence-corrected chi connectivity index (χ3v) is 2.40. The molecule has 6 heteroatoms. The highest BCUT2D eigenvalue weighted by atomic mass is 16.7. The first-order chi connectivity index (χ1) is 9.19. The molecule has 0 bridgehead atoms. The Balaban J connectivity index is 4.67. The zero-order valence-electron chi connectivity index (χ0n) is 13.4. The van der Waals surface area contributed by atoms with E-state index in [1.807, 2.05) is 34.6 Å². The SMILES string of the molecule is COC(NC(CC(C)C)C(=O)NCC=O)OC(C)(C)C. The van der Waals surface area contributed by atoms with Crippen LogP contribution in [0.2, 0.25) is 0 Å². The van der Waals surface area contributed by atoms with Crippen LogP contribution in [0.5, 0.6) is 0 Å². The third kappa shape index (κ3) is 9.01. The maximum absolute atomic E-state index is 12.0. The number of aldehydes is 1. The van der Waals surface area contributed by atoms with E-state index in [2.05, 4.69) is 10.6 Å². The van der Waals surface area contributed by atoms with Crippen LogP contribution in [-0.4, -0.2) is 43.9 Å². The number of methoxy groups -OCH3 is 1. The van der Waals surface area contributed by atoms with Gasteiger partial charge in [0.2, 0.25) is 12.3 Å². The summed E-state index contributed by atoms with van der Waals surface area (Å²) in [4.78, 5) is 22.3. The molecule has 0 spiro atoms. The lowest BCUT2D eigenvalue weighted by molar-refractivity contribution is -0.202. The average molecular weight is 288 g/mol. The largest absolute Gasteiger partial charge is 0.348 e. The summed E-state index contributed by atoms with van der Waals surface area (Å²) < 4.78 is 10.9. The normalized spacial score (nSPS) is 14.9. The molecule has 0 aromatic carbocycles. The zero-order chi connectivity index (χ0) is 15.8. The van der Waals surface area contributed by atoms with Gasteiger partial charge in [0.25, 0.3) is 0 Å². The van der Waals surface area contributed by atoms with Gasteiger partial charge in [0.05, 0.1) is 18.2 Å². The van der Waals surface area contributed by atoms with Gasteiger partial charge in [-0.15, -0.1) is 0 Å². The summed E-state index contributed by atoms with van der Waals surface area (Å²) in [5.74, 6) is 0.0898. The second-order valence-electron chi connectivity index (χ2n) is 6.06. The summed E-state index contributed by atoms with van der Waals surface area (Å²) in [6, 6.07) is -0.470. The van der Waals surface area contributed by atoms with Crippen LogP contribution >= 0.6 is 0 Å². The molecule has 0 saturated carbocycles. The van der Waals surface area contributed by atoms with Crippen molar-refractivity contribution in [1.82, 2.24) is 10.6 Å². The van der Waals surface area contributed by atoms with Crippen LogP contribution in [0.25, 0.3) is 0 Å². The Morgan fingerprint density at radius 3 is 2.30 bits per heavy atom. The van der Waals surface area contributed by atoms with Crippen molar-refractivity contribution in [3.8, 4) is 0 Å². The molecule has 0 aromatic rings. The van der Waals surface area contributed by atoms with Crippen LogP contribution in [0.4, 0.5) is 0 Å². The lowest BCUT2D eigenvalue weighted by atomic mass is 10.0. The minimum absolute atomic E-state index is 0.00683. The van der Waals surface area contributed by atoms with Gasteiger partial charge in [-0.05, 0) is 33.1 Å². The second kappa shape index (κ2) is 9.05. The maximum atomic E-state index is 12.0. The van der Waals surface area contributed by atoms with Crippen LogP contribution < -0.4 is 10.6 Å². The van der Waals surface area contributed by atoms with E-state index in [-0.39, 0.29) is 12.5 Å². The van der Waals surface area contributed by atoms with Crippen LogP contribution in [0.1, 0.15) is 41.0 Å². The van der Waals surface area contributed by atoms with E-state index in [1.165, 1.54) is 7.11 Å². The molecule has 2 atom stereocenters. The highest BCUT2D eigenvalue weighted by Crippen LogP contribution is 2.12. The Labute approximate surface area is 121 Å². The molecule has 1 amide bonds. The number of rotatable bonds is 9.